The van der Waals surface area contributed by atoms with Gasteiger partial charge in [-0.3, -0.25) is 0 Å². The van der Waals surface area contributed by atoms with Crippen molar-refractivity contribution in [1.82, 2.24) is 0 Å². The van der Waals surface area contributed by atoms with Crippen molar-refractivity contribution in [1.29, 1.82) is 0 Å². The maximum absolute atomic E-state index is 10.6. The van der Waals surface area contributed by atoms with Crippen LogP contribution in [-0.2, 0) is 19.9 Å². The molecule has 0 aliphatic carbocycles. The second-order valence-electron chi connectivity index (χ2n) is 4.57. The van der Waals surface area contributed by atoms with Crippen molar-refractivity contribution < 1.29 is 30.1 Å². The molecular formula is C10H22Ge2O7. The summed E-state index contributed by atoms with van der Waals surface area (Å²) in [6.45, 7) is 0. The molecule has 0 aromatic rings. The molecule has 0 aromatic carbocycles. The van der Waals surface area contributed by atoms with Gasteiger partial charge >= 0.3 is 119 Å². The molecule has 0 aromatic heterocycles. The first kappa shape index (κ1) is 18.9. The number of hydrogen-bond acceptors (Lipinski definition) is 5. The third kappa shape index (κ3) is 7.93. The van der Waals surface area contributed by atoms with E-state index >= 15 is 0 Å². The van der Waals surface area contributed by atoms with Crippen LogP contribution in [0.3, 0.4) is 0 Å². The van der Waals surface area contributed by atoms with Crippen molar-refractivity contribution in [2.24, 2.45) is 0 Å². The van der Waals surface area contributed by atoms with Gasteiger partial charge in [0.15, 0.2) is 0 Å². The summed E-state index contributed by atoms with van der Waals surface area (Å²) in [5.41, 5.74) is 0. The van der Waals surface area contributed by atoms with Crippen molar-refractivity contribution in [2.75, 3.05) is 14.2 Å². The quantitative estimate of drug-likeness (QED) is 0.535. The molecule has 0 bridgehead atoms. The molecule has 2 N–H and O–H groups in total. The predicted octanol–water partition coefficient (Wildman–Crippen LogP) is 1.39. The SMILES string of the molecule is C[O][Ge]([CH3])([CH2]CC(=O)O)[O][Ge]([CH3])([CH2]CC(=O)O)[O]C. The molecule has 7 nitrogen and oxygen atoms in total. The van der Waals surface area contributed by atoms with Crippen LogP contribution in [0.1, 0.15) is 12.8 Å². The molecule has 2 atom stereocenters. The van der Waals surface area contributed by atoms with Crippen molar-refractivity contribution in [3.8, 4) is 0 Å². The predicted molar refractivity (Wildman–Crippen MR) is 72.5 cm³/mol. The number of carboxylic acids is 2. The fraction of sp³-hybridized carbons (Fsp3) is 0.800. The minimum absolute atomic E-state index is 0.00863. The van der Waals surface area contributed by atoms with Gasteiger partial charge in [0.2, 0.25) is 0 Å². The third-order valence-corrected chi connectivity index (χ3v) is 22.6. The van der Waals surface area contributed by atoms with Crippen molar-refractivity contribution in [3.05, 3.63) is 0 Å². The van der Waals surface area contributed by atoms with Gasteiger partial charge < -0.3 is 0 Å². The number of carbonyl (C=O) groups is 2. The Labute approximate surface area is 119 Å². The Kier molecular flexibility index (Phi) is 8.21. The van der Waals surface area contributed by atoms with E-state index < -0.39 is 39.8 Å². The Balaban J connectivity index is 4.68. The van der Waals surface area contributed by atoms with Crippen molar-refractivity contribution in [2.45, 2.75) is 34.9 Å². The van der Waals surface area contributed by atoms with Gasteiger partial charge in [-0.2, -0.15) is 0 Å². The Hall–Kier alpha value is -0.0943. The summed E-state index contributed by atoms with van der Waals surface area (Å²) in [7, 11) is 3.02. The zero-order valence-corrected chi connectivity index (χ0v) is 16.0. The number of rotatable bonds is 10. The van der Waals surface area contributed by atoms with E-state index in [-0.39, 0.29) is 12.8 Å². The molecule has 0 saturated heterocycles. The minimum atomic E-state index is -3.18. The number of hydrogen-bond donors (Lipinski definition) is 2. The molecule has 0 saturated carbocycles. The van der Waals surface area contributed by atoms with E-state index in [1.165, 1.54) is 14.2 Å². The summed E-state index contributed by atoms with van der Waals surface area (Å²) >= 11 is -6.35. The van der Waals surface area contributed by atoms with E-state index in [0.717, 1.165) is 0 Å². The molecule has 2 unspecified atom stereocenters. The van der Waals surface area contributed by atoms with Gasteiger partial charge in [-0.25, -0.2) is 0 Å². The van der Waals surface area contributed by atoms with Crippen LogP contribution in [0.4, 0.5) is 0 Å². The van der Waals surface area contributed by atoms with Gasteiger partial charge in [0.1, 0.15) is 0 Å². The molecule has 0 fully saturated rings. The summed E-state index contributed by atoms with van der Waals surface area (Å²) in [6, 6.07) is 0. The molecule has 0 rings (SSSR count). The fourth-order valence-electron chi connectivity index (χ4n) is 1.51. The van der Waals surface area contributed by atoms with Crippen molar-refractivity contribution >= 4 is 39.8 Å². The fourth-order valence-corrected chi connectivity index (χ4v) is 21.9. The zero-order chi connectivity index (χ0) is 15.1. The first-order chi connectivity index (χ1) is 8.66. The summed E-state index contributed by atoms with van der Waals surface area (Å²) in [5, 5.41) is 18.2. The first-order valence-electron chi connectivity index (χ1n) is 5.90. The van der Waals surface area contributed by atoms with Gasteiger partial charge in [-0.1, -0.05) is 0 Å². The zero-order valence-electron chi connectivity index (χ0n) is 11.8. The van der Waals surface area contributed by atoms with Crippen LogP contribution in [0.15, 0.2) is 0 Å². The van der Waals surface area contributed by atoms with Crippen molar-refractivity contribution in [3.63, 3.8) is 0 Å². The summed E-state index contributed by atoms with van der Waals surface area (Å²) in [6.07, 6.45) is -0.0173. The Bertz CT molecular complexity index is 295. The Morgan fingerprint density at radius 3 is 1.42 bits per heavy atom. The molecule has 0 spiro atoms. The monoisotopic (exact) mass is 402 g/mol. The summed E-state index contributed by atoms with van der Waals surface area (Å²) in [4.78, 5) is 21.3. The molecule has 0 amide bonds. The van der Waals surface area contributed by atoms with Crippen LogP contribution in [-0.4, -0.2) is 64.3 Å². The average Bonchev–Trinajstić information content (AvgIpc) is 2.34. The first-order valence-corrected chi connectivity index (χ1v) is 16.5. The van der Waals surface area contributed by atoms with Crippen LogP contribution < -0.4 is 0 Å². The van der Waals surface area contributed by atoms with Crippen LogP contribution in [0.2, 0.25) is 22.0 Å². The molecule has 9 heteroatoms. The summed E-state index contributed by atoms with van der Waals surface area (Å²) < 4.78 is 16.9. The summed E-state index contributed by atoms with van der Waals surface area (Å²) in [5.74, 6) is 1.86. The van der Waals surface area contributed by atoms with E-state index in [0.29, 0.717) is 10.5 Å². The third-order valence-electron chi connectivity index (χ3n) is 2.88. The van der Waals surface area contributed by atoms with Gasteiger partial charge in [0.05, 0.1) is 0 Å². The van der Waals surface area contributed by atoms with E-state index in [1.807, 2.05) is 11.5 Å². The topological polar surface area (TPSA) is 102 Å². The molecule has 112 valence electrons. The second kappa shape index (κ2) is 8.25. The molecule has 0 radical (unpaired) electrons. The van der Waals surface area contributed by atoms with E-state index in [1.54, 1.807) is 0 Å². The normalized spacial score (nSPS) is 17.5. The maximum atomic E-state index is 10.6. The van der Waals surface area contributed by atoms with Crippen LogP contribution in [0, 0.1) is 0 Å². The Morgan fingerprint density at radius 2 is 1.21 bits per heavy atom. The Morgan fingerprint density at radius 1 is 0.895 bits per heavy atom. The van der Waals surface area contributed by atoms with Gasteiger partial charge in [-0.05, 0) is 0 Å². The average molecular weight is 399 g/mol. The van der Waals surface area contributed by atoms with Crippen LogP contribution >= 0.6 is 0 Å². The van der Waals surface area contributed by atoms with E-state index in [4.69, 9.17) is 20.5 Å². The molecule has 19 heavy (non-hydrogen) atoms. The molecule has 0 aliphatic rings. The van der Waals surface area contributed by atoms with Gasteiger partial charge in [0, 0.05) is 0 Å². The second-order valence-corrected chi connectivity index (χ2v) is 20.5. The molecule has 0 heterocycles. The van der Waals surface area contributed by atoms with Crippen LogP contribution in [0.5, 0.6) is 0 Å². The standard InChI is InChI=1S/C10H22Ge2O7/c1-11(17-3,7-5-9(13)14)19-12(2,18-4)8-6-10(15)16/h5-8H2,1-4H3,(H,13,14)(H,15,16). The van der Waals surface area contributed by atoms with Gasteiger partial charge in [-0.15, -0.1) is 0 Å². The number of carboxylic acid groups (broad SMARTS) is 2. The number of aliphatic carboxylic acids is 2. The molecule has 0 aliphatic heterocycles. The van der Waals surface area contributed by atoms with Gasteiger partial charge in [0.25, 0.3) is 0 Å². The van der Waals surface area contributed by atoms with E-state index in [9.17, 15) is 9.59 Å². The molecular weight excluding hydrogens is 377 g/mol. The van der Waals surface area contributed by atoms with Crippen LogP contribution in [0.25, 0.3) is 0 Å². The van der Waals surface area contributed by atoms with E-state index in [2.05, 4.69) is 0 Å².